The van der Waals surface area contributed by atoms with Gasteiger partial charge in [0.1, 0.15) is 18.1 Å². The molecule has 5 unspecified atom stereocenters. The third-order valence-corrected chi connectivity index (χ3v) is 4.04. The molecule has 9 N–H and O–H groups in total. The van der Waals surface area contributed by atoms with Crippen LogP contribution in [0.3, 0.4) is 0 Å². The van der Waals surface area contributed by atoms with Gasteiger partial charge in [-0.3, -0.25) is 19.2 Å². The van der Waals surface area contributed by atoms with Crippen LogP contribution in [0.25, 0.3) is 0 Å². The molecule has 160 valence electrons. The molecule has 0 aromatic carbocycles. The van der Waals surface area contributed by atoms with Crippen LogP contribution in [0.1, 0.15) is 26.7 Å². The lowest BCUT2D eigenvalue weighted by Gasteiger charge is -2.25. The van der Waals surface area contributed by atoms with E-state index in [-0.39, 0.29) is 18.6 Å². The molecule has 28 heavy (non-hydrogen) atoms. The third-order valence-electron chi connectivity index (χ3n) is 3.64. The molecule has 0 fully saturated rings. The van der Waals surface area contributed by atoms with E-state index in [0.29, 0.717) is 0 Å². The fraction of sp³-hybridized carbons (Fsp3) is 0.667. The molecular weight excluding hydrogens is 394 g/mol. The standard InChI is InChI=1S/C15H27N5O7S/c1-6(18-13(24)8(16)5-28)12(23)20-11(7(2)21)14(25)19-9(15(26)27)3-4-10(17)22/h6-9,11,21,28H,3-5,16H2,1-2H3,(H2,17,22)(H,18,24)(H,19,25)(H,20,23)(H,26,27). The fourth-order valence-electron chi connectivity index (χ4n) is 1.96. The van der Waals surface area contributed by atoms with E-state index < -0.39 is 59.9 Å². The second-order valence-corrected chi connectivity index (χ2v) is 6.52. The number of amides is 4. The SMILES string of the molecule is CC(NC(=O)C(N)CS)C(=O)NC(C(=O)NC(CCC(N)=O)C(=O)O)C(C)O. The Kier molecular flexibility index (Phi) is 11.1. The Morgan fingerprint density at radius 1 is 1.00 bits per heavy atom. The number of carbonyl (C=O) groups excluding carboxylic acids is 4. The molecule has 0 aromatic rings. The summed E-state index contributed by atoms with van der Waals surface area (Å²) in [7, 11) is 0. The molecule has 13 heteroatoms. The first-order chi connectivity index (χ1) is 12.9. The van der Waals surface area contributed by atoms with Crippen LogP contribution in [-0.4, -0.2) is 75.8 Å². The number of carbonyl (C=O) groups is 5. The summed E-state index contributed by atoms with van der Waals surface area (Å²) in [6, 6.07) is -4.96. The van der Waals surface area contributed by atoms with Crippen molar-refractivity contribution in [1.82, 2.24) is 16.0 Å². The highest BCUT2D eigenvalue weighted by Crippen LogP contribution is 2.01. The van der Waals surface area contributed by atoms with Gasteiger partial charge in [0.2, 0.25) is 23.6 Å². The van der Waals surface area contributed by atoms with E-state index in [2.05, 4.69) is 28.6 Å². The first-order valence-corrected chi connectivity index (χ1v) is 9.00. The maximum absolute atomic E-state index is 12.3. The second-order valence-electron chi connectivity index (χ2n) is 6.15. The van der Waals surface area contributed by atoms with Gasteiger partial charge in [-0.2, -0.15) is 12.6 Å². The quantitative estimate of drug-likeness (QED) is 0.147. The zero-order valence-electron chi connectivity index (χ0n) is 15.5. The number of primary amides is 1. The number of hydrogen-bond donors (Lipinski definition) is 8. The molecule has 12 nitrogen and oxygen atoms in total. The molecule has 0 radical (unpaired) electrons. The first-order valence-electron chi connectivity index (χ1n) is 8.37. The third kappa shape index (κ3) is 9.01. The Bertz CT molecular complexity index is 601. The lowest BCUT2D eigenvalue weighted by atomic mass is 10.1. The van der Waals surface area contributed by atoms with Gasteiger partial charge in [-0.1, -0.05) is 0 Å². The topological polar surface area (TPSA) is 214 Å². The van der Waals surface area contributed by atoms with Crippen LogP contribution < -0.4 is 27.4 Å². The zero-order valence-corrected chi connectivity index (χ0v) is 16.4. The van der Waals surface area contributed by atoms with Crippen LogP contribution in [0, 0.1) is 0 Å². The van der Waals surface area contributed by atoms with Gasteiger partial charge in [-0.25, -0.2) is 4.79 Å². The number of carboxylic acid groups (broad SMARTS) is 1. The van der Waals surface area contributed by atoms with E-state index in [1.54, 1.807) is 0 Å². The van der Waals surface area contributed by atoms with Crippen molar-refractivity contribution < 1.29 is 34.2 Å². The van der Waals surface area contributed by atoms with E-state index >= 15 is 0 Å². The molecular formula is C15H27N5O7S. The van der Waals surface area contributed by atoms with Crippen LogP contribution in [0.2, 0.25) is 0 Å². The highest BCUT2D eigenvalue weighted by molar-refractivity contribution is 7.80. The zero-order chi connectivity index (χ0) is 22.0. The summed E-state index contributed by atoms with van der Waals surface area (Å²) in [5.74, 6) is -4.51. The minimum absolute atomic E-state index is 0.0563. The molecule has 4 amide bonds. The van der Waals surface area contributed by atoms with Gasteiger partial charge in [0.15, 0.2) is 0 Å². The average Bonchev–Trinajstić information content (AvgIpc) is 2.60. The molecule has 0 heterocycles. The van der Waals surface area contributed by atoms with Crippen molar-refractivity contribution in [2.45, 2.75) is 57.0 Å². The van der Waals surface area contributed by atoms with Crippen LogP contribution >= 0.6 is 12.6 Å². The Morgan fingerprint density at radius 2 is 1.57 bits per heavy atom. The van der Waals surface area contributed by atoms with Gasteiger partial charge < -0.3 is 37.6 Å². The van der Waals surface area contributed by atoms with Gasteiger partial charge in [-0.15, -0.1) is 0 Å². The van der Waals surface area contributed by atoms with Crippen molar-refractivity contribution in [3.8, 4) is 0 Å². The highest BCUT2D eigenvalue weighted by atomic mass is 32.1. The Labute approximate surface area is 167 Å². The van der Waals surface area contributed by atoms with Crippen molar-refractivity contribution in [1.29, 1.82) is 0 Å². The van der Waals surface area contributed by atoms with E-state index in [4.69, 9.17) is 16.6 Å². The fourth-order valence-corrected chi connectivity index (χ4v) is 2.12. The lowest BCUT2D eigenvalue weighted by molar-refractivity contribution is -0.143. The number of aliphatic hydroxyl groups is 1. The van der Waals surface area contributed by atoms with Gasteiger partial charge in [-0.05, 0) is 20.3 Å². The summed E-state index contributed by atoms with van der Waals surface area (Å²) >= 11 is 3.87. The smallest absolute Gasteiger partial charge is 0.326 e. The Balaban J connectivity index is 5.02. The lowest BCUT2D eigenvalue weighted by Crippen LogP contribution is -2.59. The summed E-state index contributed by atoms with van der Waals surface area (Å²) in [4.78, 5) is 58.2. The number of aliphatic carboxylic acids is 1. The minimum Gasteiger partial charge on any atom is -0.480 e. The van der Waals surface area contributed by atoms with Crippen molar-refractivity contribution >= 4 is 42.2 Å². The molecule has 0 aliphatic heterocycles. The number of carboxylic acids is 1. The monoisotopic (exact) mass is 421 g/mol. The number of nitrogens with two attached hydrogens (primary N) is 2. The number of aliphatic hydroxyl groups excluding tert-OH is 1. The molecule has 0 aromatic heterocycles. The van der Waals surface area contributed by atoms with Crippen molar-refractivity contribution in [3.63, 3.8) is 0 Å². The van der Waals surface area contributed by atoms with Crippen LogP contribution in [0.15, 0.2) is 0 Å². The summed E-state index contributed by atoms with van der Waals surface area (Å²) in [6.45, 7) is 2.55. The van der Waals surface area contributed by atoms with E-state index in [1.165, 1.54) is 13.8 Å². The molecule has 0 saturated heterocycles. The van der Waals surface area contributed by atoms with Crippen LogP contribution in [-0.2, 0) is 24.0 Å². The van der Waals surface area contributed by atoms with Gasteiger partial charge in [0, 0.05) is 12.2 Å². The first kappa shape index (κ1) is 25.6. The normalized spacial score (nSPS) is 16.0. The summed E-state index contributed by atoms with van der Waals surface area (Å²) in [6.07, 6.45) is -1.92. The minimum atomic E-state index is -1.50. The highest BCUT2D eigenvalue weighted by Gasteiger charge is 2.31. The van der Waals surface area contributed by atoms with Crippen LogP contribution in [0.4, 0.5) is 0 Å². The van der Waals surface area contributed by atoms with Crippen molar-refractivity contribution in [2.75, 3.05) is 5.75 Å². The number of rotatable bonds is 12. The summed E-state index contributed by atoms with van der Waals surface area (Å²) in [5.41, 5.74) is 10.4. The van der Waals surface area contributed by atoms with E-state index in [1.807, 2.05) is 0 Å². The average molecular weight is 421 g/mol. The number of hydrogen-bond acceptors (Lipinski definition) is 8. The van der Waals surface area contributed by atoms with Crippen molar-refractivity contribution in [3.05, 3.63) is 0 Å². The molecule has 0 rings (SSSR count). The molecule has 0 bridgehead atoms. The maximum atomic E-state index is 12.3. The Morgan fingerprint density at radius 3 is 2.00 bits per heavy atom. The predicted octanol–water partition coefficient (Wildman–Crippen LogP) is -3.55. The summed E-state index contributed by atoms with van der Waals surface area (Å²) < 4.78 is 0. The largest absolute Gasteiger partial charge is 0.480 e. The van der Waals surface area contributed by atoms with E-state index in [0.717, 1.165) is 0 Å². The van der Waals surface area contributed by atoms with Gasteiger partial charge in [0.05, 0.1) is 12.1 Å². The molecule has 0 aliphatic carbocycles. The van der Waals surface area contributed by atoms with E-state index in [9.17, 15) is 29.1 Å². The molecule has 0 saturated carbocycles. The molecule has 5 atom stereocenters. The Hall–Kier alpha value is -2.38. The van der Waals surface area contributed by atoms with Crippen molar-refractivity contribution in [2.24, 2.45) is 11.5 Å². The maximum Gasteiger partial charge on any atom is 0.326 e. The predicted molar refractivity (Wildman–Crippen MR) is 101 cm³/mol. The number of nitrogens with one attached hydrogen (secondary N) is 3. The molecule has 0 spiro atoms. The summed E-state index contributed by atoms with van der Waals surface area (Å²) in [5, 5.41) is 25.6. The second kappa shape index (κ2) is 12.2. The van der Waals surface area contributed by atoms with Crippen LogP contribution in [0.5, 0.6) is 0 Å². The number of thiol groups is 1. The molecule has 0 aliphatic rings. The van der Waals surface area contributed by atoms with Gasteiger partial charge in [0.25, 0.3) is 0 Å². The van der Waals surface area contributed by atoms with Gasteiger partial charge >= 0.3 is 5.97 Å².